The molecule has 38 heavy (non-hydrogen) atoms. The van der Waals surface area contributed by atoms with Crippen molar-refractivity contribution in [3.8, 4) is 5.75 Å². The maximum absolute atomic E-state index is 12.5. The summed E-state index contributed by atoms with van der Waals surface area (Å²) in [4.78, 5) is 23.5. The second kappa shape index (κ2) is 13.7. The quantitative estimate of drug-likeness (QED) is 0.245. The highest BCUT2D eigenvalue weighted by atomic mass is 16.7. The van der Waals surface area contributed by atoms with E-state index in [1.165, 1.54) is 5.56 Å². The smallest absolute Gasteiger partial charge is 0.482 e. The van der Waals surface area contributed by atoms with Gasteiger partial charge in [-0.05, 0) is 79.4 Å². The summed E-state index contributed by atoms with van der Waals surface area (Å²) in [7, 11) is 1.56. The Balaban J connectivity index is 1.71. The van der Waals surface area contributed by atoms with E-state index in [9.17, 15) is 14.7 Å². The molecule has 8 nitrogen and oxygen atoms in total. The van der Waals surface area contributed by atoms with E-state index in [0.29, 0.717) is 43.0 Å². The van der Waals surface area contributed by atoms with Gasteiger partial charge in [-0.3, -0.25) is 0 Å². The number of fused-ring (bicyclic) bond motifs is 2. The van der Waals surface area contributed by atoms with Gasteiger partial charge in [0.2, 0.25) is 0 Å². The molecule has 0 aliphatic heterocycles. The van der Waals surface area contributed by atoms with Gasteiger partial charge in [0.25, 0.3) is 0 Å². The van der Waals surface area contributed by atoms with E-state index in [4.69, 9.17) is 24.1 Å². The van der Waals surface area contributed by atoms with Crippen LogP contribution in [0.15, 0.2) is 18.2 Å². The van der Waals surface area contributed by atoms with Crippen molar-refractivity contribution in [3.63, 3.8) is 0 Å². The Kier molecular flexibility index (Phi) is 10.9. The maximum Gasteiger partial charge on any atom is 0.508 e. The van der Waals surface area contributed by atoms with Crippen LogP contribution in [0, 0.1) is 29.1 Å². The molecule has 8 heteroatoms. The largest absolute Gasteiger partial charge is 0.508 e. The molecule has 1 saturated carbocycles. The number of ether oxygens (including phenoxy) is 4. The summed E-state index contributed by atoms with van der Waals surface area (Å²) in [6.07, 6.45) is 4.27. The van der Waals surface area contributed by atoms with Gasteiger partial charge in [-0.2, -0.15) is 0 Å². The van der Waals surface area contributed by atoms with Crippen LogP contribution < -0.4 is 4.74 Å². The van der Waals surface area contributed by atoms with E-state index >= 15 is 0 Å². The van der Waals surface area contributed by atoms with Crippen molar-refractivity contribution in [1.82, 2.24) is 0 Å². The minimum Gasteiger partial charge on any atom is -0.482 e. The summed E-state index contributed by atoms with van der Waals surface area (Å²) in [6.45, 7) is 8.79. The highest BCUT2D eigenvalue weighted by Crippen LogP contribution is 2.49. The number of benzene rings is 1. The van der Waals surface area contributed by atoms with Crippen LogP contribution in [-0.2, 0) is 31.8 Å². The van der Waals surface area contributed by atoms with E-state index in [1.54, 1.807) is 7.11 Å². The van der Waals surface area contributed by atoms with Gasteiger partial charge in [0.1, 0.15) is 18.5 Å². The van der Waals surface area contributed by atoms with Crippen LogP contribution >= 0.6 is 0 Å². The zero-order chi connectivity index (χ0) is 27.9. The van der Waals surface area contributed by atoms with E-state index in [-0.39, 0.29) is 30.7 Å². The van der Waals surface area contributed by atoms with Crippen LogP contribution in [0.25, 0.3) is 0 Å². The molecule has 1 fully saturated rings. The third-order valence-corrected chi connectivity index (χ3v) is 8.65. The lowest BCUT2D eigenvalue weighted by Crippen LogP contribution is -2.37. The minimum atomic E-state index is -0.997. The number of carbonyl (C=O) groups is 2. The number of methoxy groups -OCH3 is 1. The molecular formula is C30H46O8. The number of carboxylic acids is 1. The summed E-state index contributed by atoms with van der Waals surface area (Å²) in [5.41, 5.74) is 1.99. The number of aliphatic carboxylic acids is 1. The summed E-state index contributed by atoms with van der Waals surface area (Å²) >= 11 is 0. The van der Waals surface area contributed by atoms with Crippen LogP contribution in [0.4, 0.5) is 4.79 Å². The SMILES string of the molecule is CCC(C)CC(C)(C)[C@@H](CC[C@@H]1[C@H]2Cc3cccc(OCC(=O)O)c3C[C@H]2C[C@H]1O)OC(=O)OCCOC. The van der Waals surface area contributed by atoms with Crippen molar-refractivity contribution in [2.75, 3.05) is 26.9 Å². The van der Waals surface area contributed by atoms with Crippen molar-refractivity contribution in [3.05, 3.63) is 29.3 Å². The first-order chi connectivity index (χ1) is 18.1. The monoisotopic (exact) mass is 534 g/mol. The van der Waals surface area contributed by atoms with Gasteiger partial charge in [-0.25, -0.2) is 9.59 Å². The van der Waals surface area contributed by atoms with Crippen LogP contribution in [-0.4, -0.2) is 61.5 Å². The lowest BCUT2D eigenvalue weighted by molar-refractivity contribution is -0.139. The van der Waals surface area contributed by atoms with Crippen LogP contribution in [0.2, 0.25) is 0 Å². The molecule has 2 aliphatic rings. The average Bonchev–Trinajstić information content (AvgIpc) is 3.17. The normalized spacial score (nSPS) is 24.2. The van der Waals surface area contributed by atoms with E-state index in [2.05, 4.69) is 33.8 Å². The fourth-order valence-corrected chi connectivity index (χ4v) is 6.56. The van der Waals surface area contributed by atoms with Crippen molar-refractivity contribution in [1.29, 1.82) is 0 Å². The fraction of sp³-hybridized carbons (Fsp3) is 0.733. The molecule has 0 saturated heterocycles. The predicted octanol–water partition coefficient (Wildman–Crippen LogP) is 5.27. The Labute approximate surface area is 227 Å². The Bertz CT molecular complexity index is 929. The molecule has 0 radical (unpaired) electrons. The lowest BCUT2D eigenvalue weighted by atomic mass is 9.72. The molecule has 214 valence electrons. The predicted molar refractivity (Wildman–Crippen MR) is 143 cm³/mol. The molecule has 0 amide bonds. The van der Waals surface area contributed by atoms with Crippen LogP contribution in [0.3, 0.4) is 0 Å². The maximum atomic E-state index is 12.5. The molecule has 1 aromatic carbocycles. The molecule has 3 rings (SSSR count). The van der Waals surface area contributed by atoms with Gasteiger partial charge >= 0.3 is 12.1 Å². The molecule has 1 unspecified atom stereocenters. The summed E-state index contributed by atoms with van der Waals surface area (Å²) in [5.74, 6) is 0.862. The van der Waals surface area contributed by atoms with Crippen molar-refractivity contribution in [2.24, 2.45) is 29.1 Å². The zero-order valence-corrected chi connectivity index (χ0v) is 23.6. The Morgan fingerprint density at radius 1 is 1.18 bits per heavy atom. The number of carboxylic acid groups (broad SMARTS) is 1. The molecule has 1 aromatic rings. The summed E-state index contributed by atoms with van der Waals surface area (Å²) in [5, 5.41) is 20.1. The molecule has 0 spiro atoms. The van der Waals surface area contributed by atoms with Crippen molar-refractivity contribution in [2.45, 2.75) is 84.8 Å². The Morgan fingerprint density at radius 3 is 2.63 bits per heavy atom. The minimum absolute atomic E-state index is 0.103. The number of carbonyl (C=O) groups excluding carboxylic acids is 1. The van der Waals surface area contributed by atoms with E-state index in [0.717, 1.165) is 37.7 Å². The highest BCUT2D eigenvalue weighted by Gasteiger charge is 2.46. The third-order valence-electron chi connectivity index (χ3n) is 8.65. The Morgan fingerprint density at radius 2 is 1.95 bits per heavy atom. The van der Waals surface area contributed by atoms with Gasteiger partial charge in [0.05, 0.1) is 12.7 Å². The molecule has 2 aliphatic carbocycles. The van der Waals surface area contributed by atoms with Gasteiger partial charge in [-0.1, -0.05) is 46.2 Å². The zero-order valence-electron chi connectivity index (χ0n) is 23.6. The van der Waals surface area contributed by atoms with E-state index in [1.807, 2.05) is 12.1 Å². The second-order valence-corrected chi connectivity index (χ2v) is 11.9. The van der Waals surface area contributed by atoms with Crippen LogP contribution in [0.5, 0.6) is 5.75 Å². The standard InChI is InChI=1S/C30H46O8/c1-6-19(2)17-30(3,4)27(38-29(34)36-13-12-35-5)11-10-22-23-14-20-8-7-9-26(37-18-28(32)33)24(20)15-21(23)16-25(22)31/h7-9,19,21-23,25,27,31H,6,10-18H2,1-5H3,(H,32,33)/t19?,21-,22+,23-,25+,27+/m0/s1. The lowest BCUT2D eigenvalue weighted by Gasteiger charge is -2.37. The van der Waals surface area contributed by atoms with Gasteiger partial charge < -0.3 is 29.2 Å². The topological polar surface area (TPSA) is 112 Å². The van der Waals surface area contributed by atoms with Gasteiger partial charge in [0.15, 0.2) is 6.61 Å². The Hall–Kier alpha value is -2.32. The molecule has 0 bridgehead atoms. The van der Waals surface area contributed by atoms with Crippen LogP contribution in [0.1, 0.15) is 70.9 Å². The fourth-order valence-electron chi connectivity index (χ4n) is 6.56. The number of aliphatic hydroxyl groups excluding tert-OH is 1. The molecule has 2 N–H and O–H groups in total. The third kappa shape index (κ3) is 7.85. The van der Waals surface area contributed by atoms with Crippen molar-refractivity contribution >= 4 is 12.1 Å². The number of rotatable bonds is 14. The highest BCUT2D eigenvalue weighted by molar-refractivity contribution is 5.68. The van der Waals surface area contributed by atoms with Gasteiger partial charge in [0, 0.05) is 12.5 Å². The molecule has 0 heterocycles. The molecule has 6 atom stereocenters. The molecular weight excluding hydrogens is 488 g/mol. The first-order valence-corrected chi connectivity index (χ1v) is 14.0. The average molecular weight is 535 g/mol. The number of hydrogen-bond donors (Lipinski definition) is 2. The van der Waals surface area contributed by atoms with Gasteiger partial charge in [-0.15, -0.1) is 0 Å². The summed E-state index contributed by atoms with van der Waals surface area (Å²) < 4.78 is 21.7. The second-order valence-electron chi connectivity index (χ2n) is 11.9. The number of hydrogen-bond acceptors (Lipinski definition) is 7. The first kappa shape index (κ1) is 30.2. The summed E-state index contributed by atoms with van der Waals surface area (Å²) in [6, 6.07) is 5.82. The first-order valence-electron chi connectivity index (χ1n) is 14.0. The molecule has 0 aromatic heterocycles. The number of aliphatic hydroxyl groups is 1. The van der Waals surface area contributed by atoms with Crippen molar-refractivity contribution < 1.29 is 38.7 Å². The van der Waals surface area contributed by atoms with E-state index < -0.39 is 18.2 Å².